The van der Waals surface area contributed by atoms with E-state index in [4.69, 9.17) is 4.74 Å². The predicted octanol–water partition coefficient (Wildman–Crippen LogP) is 4.56. The Balaban J connectivity index is 1.29. The molecule has 0 bridgehead atoms. The predicted molar refractivity (Wildman–Crippen MR) is 99.9 cm³/mol. The lowest BCUT2D eigenvalue weighted by Gasteiger charge is -2.23. The molecule has 1 aliphatic carbocycles. The lowest BCUT2D eigenvalue weighted by atomic mass is 10.0. The summed E-state index contributed by atoms with van der Waals surface area (Å²) < 4.78 is 32.6. The molecule has 5 heteroatoms. The van der Waals surface area contributed by atoms with E-state index in [0.717, 1.165) is 43.8 Å². The molecule has 0 amide bonds. The van der Waals surface area contributed by atoms with E-state index >= 15 is 0 Å². The number of fused-ring (bicyclic) bond motifs is 1. The molecule has 2 unspecified atom stereocenters. The summed E-state index contributed by atoms with van der Waals surface area (Å²) in [7, 11) is 0. The monoisotopic (exact) mass is 373 g/mol. The summed E-state index contributed by atoms with van der Waals surface area (Å²) in [6.07, 6.45) is 2.26. The molecule has 1 aliphatic heterocycles. The number of nitrogens with zero attached hydrogens (tertiary/aromatic N) is 1. The third kappa shape index (κ3) is 4.08. The van der Waals surface area contributed by atoms with Crippen molar-refractivity contribution in [3.8, 4) is 11.5 Å². The number of rotatable bonds is 5. The van der Waals surface area contributed by atoms with Crippen molar-refractivity contribution in [2.24, 2.45) is 11.8 Å². The van der Waals surface area contributed by atoms with Crippen LogP contribution in [0, 0.1) is 23.5 Å². The Morgan fingerprint density at radius 3 is 2.37 bits per heavy atom. The molecule has 2 fully saturated rings. The first-order valence-electron chi connectivity index (χ1n) is 9.61. The van der Waals surface area contributed by atoms with E-state index in [1.165, 1.54) is 24.3 Å². The third-order valence-electron chi connectivity index (χ3n) is 5.97. The highest BCUT2D eigenvalue weighted by Gasteiger charge is 2.42. The number of benzene rings is 2. The van der Waals surface area contributed by atoms with Crippen LogP contribution in [0.25, 0.3) is 0 Å². The topological polar surface area (TPSA) is 32.7 Å². The molecular weight excluding hydrogens is 348 g/mol. The summed E-state index contributed by atoms with van der Waals surface area (Å²) >= 11 is 0. The molecule has 1 heterocycles. The molecule has 1 N–H and O–H groups in total. The van der Waals surface area contributed by atoms with Gasteiger partial charge in [-0.1, -0.05) is 13.0 Å². The average molecular weight is 373 g/mol. The summed E-state index contributed by atoms with van der Waals surface area (Å²) in [6, 6.07) is 10.9. The van der Waals surface area contributed by atoms with Crippen LogP contribution >= 0.6 is 0 Å². The summed E-state index contributed by atoms with van der Waals surface area (Å²) in [5.41, 5.74) is 0.917. The Kier molecular flexibility index (Phi) is 5.04. The second-order valence-electron chi connectivity index (χ2n) is 8.02. The largest absolute Gasteiger partial charge is 0.505 e. The van der Waals surface area contributed by atoms with Crippen molar-refractivity contribution in [2.45, 2.75) is 31.8 Å². The lowest BCUT2D eigenvalue weighted by molar-refractivity contribution is 0.184. The van der Waals surface area contributed by atoms with Gasteiger partial charge in [0, 0.05) is 19.6 Å². The Bertz CT molecular complexity index is 781. The standard InChI is InChI=1S/C22H25F2NO2/c1-14(15-2-7-22(26)21(24)10-15)11-25-12-16-8-20(9-17(16)13-25)27-19-5-3-18(23)4-6-19/h2-7,10,14,16-17,20,26H,8-9,11-13H2,1H3/t14?,16-,17+,20?. The van der Waals surface area contributed by atoms with Crippen LogP contribution in [0.5, 0.6) is 11.5 Å². The molecule has 1 saturated heterocycles. The van der Waals surface area contributed by atoms with E-state index in [1.807, 2.05) is 0 Å². The fourth-order valence-corrected chi connectivity index (χ4v) is 4.61. The van der Waals surface area contributed by atoms with E-state index in [2.05, 4.69) is 11.8 Å². The maximum absolute atomic E-state index is 13.6. The third-order valence-corrected chi connectivity index (χ3v) is 5.97. The molecule has 4 rings (SSSR count). The van der Waals surface area contributed by atoms with Gasteiger partial charge in [-0.05, 0) is 72.6 Å². The molecule has 1 saturated carbocycles. The first kappa shape index (κ1) is 18.2. The highest BCUT2D eigenvalue weighted by atomic mass is 19.1. The highest BCUT2D eigenvalue weighted by Crippen LogP contribution is 2.40. The number of likely N-dealkylation sites (tertiary alicyclic amines) is 1. The fraction of sp³-hybridized carbons (Fsp3) is 0.455. The lowest BCUT2D eigenvalue weighted by Crippen LogP contribution is -2.28. The summed E-state index contributed by atoms with van der Waals surface area (Å²) in [5, 5.41) is 9.35. The minimum absolute atomic E-state index is 0.205. The second-order valence-corrected chi connectivity index (χ2v) is 8.02. The number of hydrogen-bond donors (Lipinski definition) is 1. The van der Waals surface area contributed by atoms with Gasteiger partial charge in [0.25, 0.3) is 0 Å². The van der Waals surface area contributed by atoms with Crippen LogP contribution < -0.4 is 4.74 Å². The zero-order valence-corrected chi connectivity index (χ0v) is 15.4. The van der Waals surface area contributed by atoms with Crippen molar-refractivity contribution < 1.29 is 18.6 Å². The number of aromatic hydroxyl groups is 1. The van der Waals surface area contributed by atoms with Crippen molar-refractivity contribution in [2.75, 3.05) is 19.6 Å². The Labute approximate surface area is 158 Å². The maximum Gasteiger partial charge on any atom is 0.165 e. The molecule has 2 aromatic carbocycles. The molecule has 27 heavy (non-hydrogen) atoms. The summed E-state index contributed by atoms with van der Waals surface area (Å²) in [4.78, 5) is 2.46. The quantitative estimate of drug-likeness (QED) is 0.834. The minimum atomic E-state index is -0.557. The number of ether oxygens (including phenoxy) is 1. The van der Waals surface area contributed by atoms with E-state index in [-0.39, 0.29) is 23.6 Å². The van der Waals surface area contributed by atoms with Crippen molar-refractivity contribution in [3.05, 3.63) is 59.7 Å². The summed E-state index contributed by atoms with van der Waals surface area (Å²) in [5.74, 6) is 1.10. The van der Waals surface area contributed by atoms with Gasteiger partial charge in [-0.2, -0.15) is 0 Å². The van der Waals surface area contributed by atoms with Gasteiger partial charge in [-0.25, -0.2) is 8.78 Å². The van der Waals surface area contributed by atoms with Crippen LogP contribution in [-0.2, 0) is 0 Å². The molecular formula is C22H25F2NO2. The smallest absolute Gasteiger partial charge is 0.165 e. The number of phenolic OH excluding ortho intramolecular Hbond substituents is 1. The van der Waals surface area contributed by atoms with E-state index in [9.17, 15) is 13.9 Å². The SMILES string of the molecule is CC(CN1C[C@H]2CC(Oc3ccc(F)cc3)C[C@H]2C1)c1ccc(O)c(F)c1. The molecule has 2 aliphatic rings. The van der Waals surface area contributed by atoms with Crippen LogP contribution in [0.2, 0.25) is 0 Å². The van der Waals surface area contributed by atoms with Crippen molar-refractivity contribution in [3.63, 3.8) is 0 Å². The molecule has 4 atom stereocenters. The van der Waals surface area contributed by atoms with Gasteiger partial charge < -0.3 is 14.7 Å². The van der Waals surface area contributed by atoms with Crippen LogP contribution in [0.15, 0.2) is 42.5 Å². The molecule has 0 aromatic heterocycles. The van der Waals surface area contributed by atoms with Crippen LogP contribution in [0.1, 0.15) is 31.2 Å². The van der Waals surface area contributed by atoms with Gasteiger partial charge in [0.2, 0.25) is 0 Å². The van der Waals surface area contributed by atoms with Gasteiger partial charge in [0.1, 0.15) is 11.6 Å². The van der Waals surface area contributed by atoms with Gasteiger partial charge in [0.15, 0.2) is 11.6 Å². The minimum Gasteiger partial charge on any atom is -0.505 e. The normalized spacial score (nSPS) is 26.1. The molecule has 3 nitrogen and oxygen atoms in total. The van der Waals surface area contributed by atoms with Crippen LogP contribution in [-0.4, -0.2) is 35.7 Å². The molecule has 2 aromatic rings. The number of halogens is 2. The van der Waals surface area contributed by atoms with Gasteiger partial charge in [0.05, 0.1) is 6.10 Å². The Morgan fingerprint density at radius 2 is 1.74 bits per heavy atom. The number of hydrogen-bond acceptors (Lipinski definition) is 3. The Morgan fingerprint density at radius 1 is 1.07 bits per heavy atom. The van der Waals surface area contributed by atoms with Gasteiger partial charge in [-0.3, -0.25) is 0 Å². The maximum atomic E-state index is 13.6. The summed E-state index contributed by atoms with van der Waals surface area (Å²) in [6.45, 7) is 5.07. The van der Waals surface area contributed by atoms with Crippen LogP contribution in [0.3, 0.4) is 0 Å². The van der Waals surface area contributed by atoms with Gasteiger partial charge in [-0.15, -0.1) is 0 Å². The molecule has 0 radical (unpaired) electrons. The van der Waals surface area contributed by atoms with Crippen molar-refractivity contribution >= 4 is 0 Å². The van der Waals surface area contributed by atoms with E-state index in [0.29, 0.717) is 11.8 Å². The first-order valence-corrected chi connectivity index (χ1v) is 9.61. The molecule has 144 valence electrons. The van der Waals surface area contributed by atoms with E-state index in [1.54, 1.807) is 18.2 Å². The highest BCUT2D eigenvalue weighted by molar-refractivity contribution is 5.30. The Hall–Kier alpha value is -2.14. The van der Waals surface area contributed by atoms with E-state index < -0.39 is 5.82 Å². The second kappa shape index (κ2) is 7.47. The zero-order valence-electron chi connectivity index (χ0n) is 15.4. The number of phenols is 1. The van der Waals surface area contributed by atoms with Gasteiger partial charge >= 0.3 is 0 Å². The average Bonchev–Trinajstić information content (AvgIpc) is 3.17. The first-order chi connectivity index (χ1) is 13.0. The fourth-order valence-electron chi connectivity index (χ4n) is 4.61. The van der Waals surface area contributed by atoms with Crippen LogP contribution in [0.4, 0.5) is 8.78 Å². The zero-order chi connectivity index (χ0) is 19.0. The van der Waals surface area contributed by atoms with Crippen molar-refractivity contribution in [1.82, 2.24) is 4.90 Å². The van der Waals surface area contributed by atoms with Crippen molar-refractivity contribution in [1.29, 1.82) is 0 Å². The molecule has 0 spiro atoms.